The summed E-state index contributed by atoms with van der Waals surface area (Å²) in [6.07, 6.45) is -22.3. The lowest BCUT2D eigenvalue weighted by Crippen LogP contribution is -2.36. The largest absolute Gasteiger partial charge is 0.523 e. The van der Waals surface area contributed by atoms with Gasteiger partial charge in [0.05, 0.1) is 27.8 Å². The van der Waals surface area contributed by atoms with Crippen LogP contribution in [0.25, 0.3) is 20.8 Å². The fourth-order valence-corrected chi connectivity index (χ4v) is 6.55. The second-order valence-corrected chi connectivity index (χ2v) is 11.4. The second-order valence-electron chi connectivity index (χ2n) is 11.4. The van der Waals surface area contributed by atoms with Gasteiger partial charge in [-0.1, -0.05) is 0 Å². The number of halogens is 17. The maximum atomic E-state index is 15.6. The summed E-state index contributed by atoms with van der Waals surface area (Å²) in [5, 5.41) is 14.9. The third-order valence-electron chi connectivity index (χ3n) is 8.62. The first-order valence-corrected chi connectivity index (χ1v) is 14.2. The molecule has 0 saturated heterocycles. The van der Waals surface area contributed by atoms with Gasteiger partial charge < -0.3 is 0 Å². The maximum absolute atomic E-state index is 15.6. The van der Waals surface area contributed by atoms with Gasteiger partial charge in [-0.2, -0.15) is 59.7 Å². The summed E-state index contributed by atoms with van der Waals surface area (Å²) in [6.45, 7) is 15.0. The first kappa shape index (κ1) is 39.8. The molecule has 0 unspecified atom stereocenters. The minimum Gasteiger partial charge on any atom is -0.203 e. The topological polar surface area (TPSA) is 56.3 Å². The number of alkyl halides is 9. The molecule has 5 rings (SSSR count). The van der Waals surface area contributed by atoms with Crippen molar-refractivity contribution in [2.24, 2.45) is 0 Å². The van der Waals surface area contributed by atoms with Crippen LogP contribution in [0.3, 0.4) is 0 Å². The monoisotopic (exact) mass is 794 g/mol. The number of fused-ring (bicyclic) bond motifs is 2. The molecule has 0 radical (unpaired) electrons. The molecule has 3 aromatic carbocycles. The molecular formula is C34H7F17N4. The minimum atomic E-state index is -6.24. The molecule has 0 spiro atoms. The molecule has 0 atom stereocenters. The molecule has 21 heteroatoms. The Morgan fingerprint density at radius 1 is 0.527 bits per heavy atom. The van der Waals surface area contributed by atoms with Crippen molar-refractivity contribution in [1.29, 1.82) is 10.5 Å². The van der Waals surface area contributed by atoms with Gasteiger partial charge in [0, 0.05) is 17.6 Å². The van der Waals surface area contributed by atoms with Gasteiger partial charge in [0.2, 0.25) is 0 Å². The number of benzene rings is 3. The Morgan fingerprint density at radius 3 is 1.18 bits per heavy atom. The van der Waals surface area contributed by atoms with Crippen LogP contribution in [0, 0.1) is 89.3 Å². The standard InChI is InChI=1S/C34H7F17N4/c1-8-23(35)25(37)19(26(38)24(8)36)15-13(31(54-2)55-3)5-12-17(15)20(32(43,44)45)11-4-10(9(6-52)7-53)14(16(11)21(12)33(46,47)48)18-27(39)29(41)22(34(49,50)51)30(42)28(18)40/h4-5H2,1H3. The summed E-state index contributed by atoms with van der Waals surface area (Å²) in [4.78, 5) is 5.25. The average Bonchev–Trinajstić information content (AvgIpc) is 3.63. The summed E-state index contributed by atoms with van der Waals surface area (Å²) < 4.78 is 254. The van der Waals surface area contributed by atoms with Gasteiger partial charge in [0.1, 0.15) is 36.4 Å². The van der Waals surface area contributed by atoms with E-state index >= 15 is 43.9 Å². The molecule has 0 bridgehead atoms. The van der Waals surface area contributed by atoms with Crippen LogP contribution in [-0.4, -0.2) is 0 Å². The molecule has 0 heterocycles. The molecule has 0 fully saturated rings. The zero-order chi connectivity index (χ0) is 41.6. The van der Waals surface area contributed by atoms with Gasteiger partial charge >= 0.3 is 24.3 Å². The highest BCUT2D eigenvalue weighted by molar-refractivity contribution is 5.91. The molecule has 55 heavy (non-hydrogen) atoms. The van der Waals surface area contributed by atoms with Crippen LogP contribution < -0.4 is 10.4 Å². The van der Waals surface area contributed by atoms with Crippen LogP contribution in [0.5, 0.6) is 0 Å². The van der Waals surface area contributed by atoms with E-state index in [-0.39, 0.29) is 0 Å². The smallest absolute Gasteiger partial charge is 0.203 e. The lowest BCUT2D eigenvalue weighted by molar-refractivity contribution is -0.143. The normalized spacial score (nSPS) is 14.0. The summed E-state index contributed by atoms with van der Waals surface area (Å²) in [6, 6.07) is 1.94. The Bertz CT molecular complexity index is 2590. The Balaban J connectivity index is 2.32. The number of hydrogen-bond acceptors (Lipinski definition) is 2. The van der Waals surface area contributed by atoms with Gasteiger partial charge in [0.25, 0.3) is 0 Å². The van der Waals surface area contributed by atoms with Crippen LogP contribution >= 0.6 is 0 Å². The SMILES string of the molecule is [C-]#[N+]C([N+]#[C-])=C1Cc2c(C(F)(F)F)c3c(c(C(F)(F)F)c2=C1c1c(F)c(F)c(C)c(F)c1F)CC(=C(C#N)C#N)C=3c1c(F)c(F)c(C(F)(F)F)c(F)c1F. The summed E-state index contributed by atoms with van der Waals surface area (Å²) >= 11 is 0. The zero-order valence-corrected chi connectivity index (χ0v) is 26.1. The van der Waals surface area contributed by atoms with E-state index in [1.807, 2.05) is 0 Å². The van der Waals surface area contributed by atoms with E-state index in [4.69, 9.17) is 13.1 Å². The van der Waals surface area contributed by atoms with E-state index in [1.165, 1.54) is 0 Å². The molecular weight excluding hydrogens is 787 g/mol. The van der Waals surface area contributed by atoms with Crippen LogP contribution in [-0.2, 0) is 31.4 Å². The highest BCUT2D eigenvalue weighted by Crippen LogP contribution is 2.47. The summed E-state index contributed by atoms with van der Waals surface area (Å²) in [5.74, 6) is -24.1. The number of rotatable bonds is 2. The highest BCUT2D eigenvalue weighted by atomic mass is 19.4. The summed E-state index contributed by atoms with van der Waals surface area (Å²) in [5.41, 5.74) is -26.8. The molecule has 0 amide bonds. The van der Waals surface area contributed by atoms with Crippen molar-refractivity contribution in [3.63, 3.8) is 0 Å². The quantitative estimate of drug-likeness (QED) is 0.113. The first-order chi connectivity index (χ1) is 25.3. The van der Waals surface area contributed by atoms with Crippen molar-refractivity contribution in [1.82, 2.24) is 0 Å². The van der Waals surface area contributed by atoms with Gasteiger partial charge in [-0.05, 0) is 46.1 Å². The molecule has 2 aliphatic rings. The zero-order valence-electron chi connectivity index (χ0n) is 26.1. The van der Waals surface area contributed by atoms with Crippen LogP contribution in [0.1, 0.15) is 44.5 Å². The molecule has 0 aromatic heterocycles. The number of nitrogens with zero attached hydrogens (tertiary/aromatic N) is 4. The maximum Gasteiger partial charge on any atom is 0.523 e. The molecule has 3 aromatic rings. The predicted molar refractivity (Wildman–Crippen MR) is 149 cm³/mol. The van der Waals surface area contributed by atoms with E-state index in [1.54, 1.807) is 0 Å². The fraction of sp³-hybridized carbons (Fsp3) is 0.176. The average molecular weight is 794 g/mol. The summed E-state index contributed by atoms with van der Waals surface area (Å²) in [7, 11) is 0. The fourth-order valence-electron chi connectivity index (χ4n) is 6.55. The van der Waals surface area contributed by atoms with Crippen molar-refractivity contribution >= 4 is 11.1 Å². The number of nitriles is 2. The van der Waals surface area contributed by atoms with E-state index in [2.05, 4.69) is 9.69 Å². The minimum absolute atomic E-state index is 0.447. The van der Waals surface area contributed by atoms with E-state index < -0.39 is 167 Å². The van der Waals surface area contributed by atoms with Gasteiger partial charge in [-0.3, -0.25) is 0 Å². The lowest BCUT2D eigenvalue weighted by Gasteiger charge is -2.20. The number of allylic oxidation sites excluding steroid dienone is 3. The van der Waals surface area contributed by atoms with Crippen molar-refractivity contribution in [3.8, 4) is 12.1 Å². The Labute approximate surface area is 293 Å². The Morgan fingerprint density at radius 2 is 0.855 bits per heavy atom. The highest BCUT2D eigenvalue weighted by Gasteiger charge is 2.51. The predicted octanol–water partition coefficient (Wildman–Crippen LogP) is 9.07. The molecule has 4 nitrogen and oxygen atoms in total. The molecule has 282 valence electrons. The van der Waals surface area contributed by atoms with Crippen molar-refractivity contribution in [3.05, 3.63) is 147 Å². The second kappa shape index (κ2) is 12.9. The van der Waals surface area contributed by atoms with Gasteiger partial charge in [-0.15, -0.1) is 0 Å². The van der Waals surface area contributed by atoms with Crippen LogP contribution in [0.2, 0.25) is 0 Å². The van der Waals surface area contributed by atoms with Crippen LogP contribution in [0.15, 0.2) is 22.5 Å². The third-order valence-corrected chi connectivity index (χ3v) is 8.62. The van der Waals surface area contributed by atoms with Crippen molar-refractivity contribution in [2.75, 3.05) is 0 Å². The first-order valence-electron chi connectivity index (χ1n) is 14.2. The molecule has 0 saturated carbocycles. The van der Waals surface area contributed by atoms with Crippen molar-refractivity contribution < 1.29 is 74.6 Å². The molecule has 0 N–H and O–H groups in total. The van der Waals surface area contributed by atoms with E-state index in [0.29, 0.717) is 6.92 Å². The van der Waals surface area contributed by atoms with E-state index in [9.17, 15) is 41.3 Å². The van der Waals surface area contributed by atoms with Gasteiger partial charge in [0.15, 0.2) is 46.5 Å². The lowest BCUT2D eigenvalue weighted by atomic mass is 9.90. The Kier molecular flexibility index (Phi) is 9.35. The van der Waals surface area contributed by atoms with Crippen molar-refractivity contribution in [2.45, 2.75) is 38.3 Å². The Hall–Kier alpha value is -6.35. The third kappa shape index (κ3) is 5.73. The van der Waals surface area contributed by atoms with Crippen LogP contribution in [0.4, 0.5) is 74.6 Å². The molecule has 2 aliphatic carbocycles. The molecule has 0 aliphatic heterocycles. The number of hydrogen-bond donors (Lipinski definition) is 0. The van der Waals surface area contributed by atoms with Gasteiger partial charge in [-0.25, -0.2) is 35.1 Å². The van der Waals surface area contributed by atoms with E-state index in [0.717, 1.165) is 12.1 Å².